The molecule has 0 bridgehead atoms. The fourth-order valence-corrected chi connectivity index (χ4v) is 1.79. The standard InChI is InChI=1S/C11H19NO/c1-3-4-7-10(12)11(2)8-5-6-9-13-11/h1,10H,4-9,12H2,2H3. The second kappa shape index (κ2) is 4.64. The normalized spacial score (nSPS) is 30.8. The molecule has 2 heteroatoms. The predicted octanol–water partition coefficient (Wildman–Crippen LogP) is 1.69. The molecule has 0 amide bonds. The number of hydrogen-bond donors (Lipinski definition) is 1. The number of ether oxygens (including phenoxy) is 1. The summed E-state index contributed by atoms with van der Waals surface area (Å²) >= 11 is 0. The van der Waals surface area contributed by atoms with Gasteiger partial charge < -0.3 is 10.5 Å². The lowest BCUT2D eigenvalue weighted by Gasteiger charge is -2.38. The summed E-state index contributed by atoms with van der Waals surface area (Å²) in [6.07, 6.45) is 10.3. The highest BCUT2D eigenvalue weighted by Crippen LogP contribution is 2.28. The lowest BCUT2D eigenvalue weighted by molar-refractivity contribution is -0.0820. The maximum atomic E-state index is 6.05. The van der Waals surface area contributed by atoms with E-state index in [0.29, 0.717) is 0 Å². The molecule has 0 aromatic carbocycles. The largest absolute Gasteiger partial charge is 0.374 e. The van der Waals surface area contributed by atoms with Crippen molar-refractivity contribution in [2.75, 3.05) is 6.61 Å². The molecule has 2 nitrogen and oxygen atoms in total. The van der Waals surface area contributed by atoms with Crippen LogP contribution in [-0.4, -0.2) is 18.2 Å². The first kappa shape index (κ1) is 10.6. The first-order valence-corrected chi connectivity index (χ1v) is 5.02. The lowest BCUT2D eigenvalue weighted by Crippen LogP contribution is -2.49. The van der Waals surface area contributed by atoms with Crippen LogP contribution < -0.4 is 5.73 Å². The van der Waals surface area contributed by atoms with Gasteiger partial charge in [-0.15, -0.1) is 12.3 Å². The van der Waals surface area contributed by atoms with Crippen LogP contribution >= 0.6 is 0 Å². The van der Waals surface area contributed by atoms with Crippen molar-refractivity contribution in [2.45, 2.75) is 50.7 Å². The van der Waals surface area contributed by atoms with Crippen molar-refractivity contribution in [3.63, 3.8) is 0 Å². The Kier molecular flexibility index (Phi) is 3.77. The van der Waals surface area contributed by atoms with E-state index in [1.54, 1.807) is 0 Å². The molecular formula is C11H19NO. The summed E-state index contributed by atoms with van der Waals surface area (Å²) in [5, 5.41) is 0. The summed E-state index contributed by atoms with van der Waals surface area (Å²) in [5.41, 5.74) is 5.92. The number of nitrogens with two attached hydrogens (primary N) is 1. The summed E-state index contributed by atoms with van der Waals surface area (Å²) in [6, 6.07) is 0.0869. The average molecular weight is 181 g/mol. The number of rotatable bonds is 3. The zero-order valence-corrected chi connectivity index (χ0v) is 8.38. The van der Waals surface area contributed by atoms with Gasteiger partial charge in [0.05, 0.1) is 5.60 Å². The molecule has 13 heavy (non-hydrogen) atoms. The molecule has 74 valence electrons. The van der Waals surface area contributed by atoms with Crippen LogP contribution in [0.3, 0.4) is 0 Å². The van der Waals surface area contributed by atoms with E-state index in [1.807, 2.05) is 0 Å². The van der Waals surface area contributed by atoms with Gasteiger partial charge in [0, 0.05) is 19.1 Å². The molecule has 1 fully saturated rings. The minimum Gasteiger partial charge on any atom is -0.374 e. The third kappa shape index (κ3) is 2.72. The zero-order chi connectivity index (χ0) is 9.73. The van der Waals surface area contributed by atoms with E-state index in [0.717, 1.165) is 32.3 Å². The minimum atomic E-state index is -0.130. The second-order valence-corrected chi connectivity index (χ2v) is 3.97. The molecule has 1 rings (SSSR count). The molecule has 2 atom stereocenters. The van der Waals surface area contributed by atoms with Crippen molar-refractivity contribution in [3.05, 3.63) is 0 Å². The van der Waals surface area contributed by atoms with Gasteiger partial charge in [-0.1, -0.05) is 0 Å². The molecular weight excluding hydrogens is 162 g/mol. The van der Waals surface area contributed by atoms with Gasteiger partial charge in [0.15, 0.2) is 0 Å². The molecule has 0 radical (unpaired) electrons. The van der Waals surface area contributed by atoms with E-state index in [9.17, 15) is 0 Å². The third-order valence-electron chi connectivity index (χ3n) is 2.88. The highest BCUT2D eigenvalue weighted by molar-refractivity contribution is 4.93. The molecule has 1 aliphatic rings. The van der Waals surface area contributed by atoms with Gasteiger partial charge in [-0.25, -0.2) is 0 Å². The topological polar surface area (TPSA) is 35.2 Å². The van der Waals surface area contributed by atoms with E-state index < -0.39 is 0 Å². The molecule has 0 saturated carbocycles. The second-order valence-electron chi connectivity index (χ2n) is 3.97. The maximum Gasteiger partial charge on any atom is 0.0805 e. The molecule has 0 aliphatic carbocycles. The SMILES string of the molecule is C#CCCC(N)C1(C)CCCCO1. The molecule has 1 heterocycles. The Labute approximate surface area is 80.8 Å². The molecule has 0 aromatic heterocycles. The average Bonchev–Trinajstić information content (AvgIpc) is 2.15. The van der Waals surface area contributed by atoms with Gasteiger partial charge in [0.25, 0.3) is 0 Å². The van der Waals surface area contributed by atoms with Gasteiger partial charge in [-0.2, -0.15) is 0 Å². The van der Waals surface area contributed by atoms with Crippen LogP contribution in [0.4, 0.5) is 0 Å². The van der Waals surface area contributed by atoms with Crippen LogP contribution in [0, 0.1) is 12.3 Å². The zero-order valence-electron chi connectivity index (χ0n) is 8.38. The van der Waals surface area contributed by atoms with Crippen LogP contribution in [0.15, 0.2) is 0 Å². The predicted molar refractivity (Wildman–Crippen MR) is 54.3 cm³/mol. The van der Waals surface area contributed by atoms with Crippen molar-refractivity contribution in [1.82, 2.24) is 0 Å². The van der Waals surface area contributed by atoms with Crippen LogP contribution in [0.25, 0.3) is 0 Å². The fourth-order valence-electron chi connectivity index (χ4n) is 1.79. The summed E-state index contributed by atoms with van der Waals surface area (Å²) in [5.74, 6) is 2.62. The van der Waals surface area contributed by atoms with E-state index in [2.05, 4.69) is 12.8 Å². The van der Waals surface area contributed by atoms with Crippen molar-refractivity contribution >= 4 is 0 Å². The fraction of sp³-hybridized carbons (Fsp3) is 0.818. The smallest absolute Gasteiger partial charge is 0.0805 e. The minimum absolute atomic E-state index is 0.0869. The van der Waals surface area contributed by atoms with Gasteiger partial charge in [0.1, 0.15) is 0 Å². The van der Waals surface area contributed by atoms with Gasteiger partial charge in [-0.3, -0.25) is 0 Å². The summed E-state index contributed by atoms with van der Waals surface area (Å²) in [7, 11) is 0. The molecule has 0 aromatic rings. The number of hydrogen-bond acceptors (Lipinski definition) is 2. The van der Waals surface area contributed by atoms with Crippen LogP contribution in [0.1, 0.15) is 39.0 Å². The van der Waals surface area contributed by atoms with Crippen LogP contribution in [-0.2, 0) is 4.74 Å². The Morgan fingerprint density at radius 3 is 2.92 bits per heavy atom. The Balaban J connectivity index is 2.42. The lowest BCUT2D eigenvalue weighted by atomic mass is 9.86. The molecule has 1 aliphatic heterocycles. The van der Waals surface area contributed by atoms with Crippen molar-refractivity contribution in [2.24, 2.45) is 5.73 Å². The van der Waals surface area contributed by atoms with Gasteiger partial charge in [0.2, 0.25) is 0 Å². The quantitative estimate of drug-likeness (QED) is 0.672. The van der Waals surface area contributed by atoms with Crippen LogP contribution in [0.2, 0.25) is 0 Å². The third-order valence-corrected chi connectivity index (χ3v) is 2.88. The van der Waals surface area contributed by atoms with Crippen molar-refractivity contribution in [1.29, 1.82) is 0 Å². The van der Waals surface area contributed by atoms with Gasteiger partial charge >= 0.3 is 0 Å². The highest BCUT2D eigenvalue weighted by Gasteiger charge is 2.33. The molecule has 0 spiro atoms. The summed E-state index contributed by atoms with van der Waals surface area (Å²) in [6.45, 7) is 2.95. The van der Waals surface area contributed by atoms with Crippen molar-refractivity contribution in [3.8, 4) is 12.3 Å². The Bertz CT molecular complexity index is 189. The number of terminal acetylenes is 1. The van der Waals surface area contributed by atoms with Crippen molar-refractivity contribution < 1.29 is 4.74 Å². The van der Waals surface area contributed by atoms with E-state index in [-0.39, 0.29) is 11.6 Å². The highest BCUT2D eigenvalue weighted by atomic mass is 16.5. The monoisotopic (exact) mass is 181 g/mol. The molecule has 2 N–H and O–H groups in total. The van der Waals surface area contributed by atoms with E-state index in [1.165, 1.54) is 6.42 Å². The van der Waals surface area contributed by atoms with E-state index in [4.69, 9.17) is 16.9 Å². The maximum absolute atomic E-state index is 6.05. The molecule has 1 saturated heterocycles. The molecule has 2 unspecified atom stereocenters. The first-order chi connectivity index (χ1) is 6.19. The Morgan fingerprint density at radius 1 is 1.62 bits per heavy atom. The van der Waals surface area contributed by atoms with Crippen LogP contribution in [0.5, 0.6) is 0 Å². The van der Waals surface area contributed by atoms with E-state index >= 15 is 0 Å². The Hall–Kier alpha value is -0.520. The Morgan fingerprint density at radius 2 is 2.38 bits per heavy atom. The summed E-state index contributed by atoms with van der Waals surface area (Å²) in [4.78, 5) is 0. The first-order valence-electron chi connectivity index (χ1n) is 5.02. The summed E-state index contributed by atoms with van der Waals surface area (Å²) < 4.78 is 5.73. The van der Waals surface area contributed by atoms with Gasteiger partial charge in [-0.05, 0) is 32.6 Å².